The number of nitrogens with zero attached hydrogens (tertiary/aromatic N) is 2. The van der Waals surface area contributed by atoms with Gasteiger partial charge in [-0.3, -0.25) is 9.80 Å². The van der Waals surface area contributed by atoms with Crippen molar-refractivity contribution in [3.63, 3.8) is 0 Å². The Morgan fingerprint density at radius 2 is 2.09 bits per heavy atom. The van der Waals surface area contributed by atoms with Crippen molar-refractivity contribution in [3.8, 4) is 0 Å². The zero-order chi connectivity index (χ0) is 7.68. The largest absolute Gasteiger partial charge is 0.282 e. The molecule has 56 valence electrons. The predicted octanol–water partition coefficient (Wildman–Crippen LogP) is 0.643. The number of rotatable bonds is 0. The Labute approximate surface area is 64.9 Å². The van der Waals surface area contributed by atoms with E-state index >= 15 is 0 Å². The molecule has 2 rings (SSSR count). The van der Waals surface area contributed by atoms with Gasteiger partial charge in [-0.05, 0) is 12.2 Å². The highest BCUT2D eigenvalue weighted by Crippen LogP contribution is 2.10. The third-order valence-corrected chi connectivity index (χ3v) is 1.65. The van der Waals surface area contributed by atoms with Gasteiger partial charge in [0.15, 0.2) is 0 Å². The summed E-state index contributed by atoms with van der Waals surface area (Å²) in [6.45, 7) is 0.770. The summed E-state index contributed by atoms with van der Waals surface area (Å²) in [6.07, 6.45) is 10.8. The van der Waals surface area contributed by atoms with Crippen molar-refractivity contribution in [1.29, 1.82) is 0 Å². The summed E-state index contributed by atoms with van der Waals surface area (Å²) in [5.74, 6) is 0.0110. The lowest BCUT2D eigenvalue weighted by atomic mass is 10.3. The highest BCUT2D eigenvalue weighted by molar-refractivity contribution is 5.88. The van der Waals surface area contributed by atoms with Gasteiger partial charge in [0, 0.05) is 18.5 Å². The molecule has 2 aliphatic rings. The second kappa shape index (κ2) is 2.27. The summed E-state index contributed by atoms with van der Waals surface area (Å²) in [7, 11) is 0. The Bertz CT molecular complexity index is 265. The Morgan fingerprint density at radius 1 is 1.27 bits per heavy atom. The van der Waals surface area contributed by atoms with Crippen molar-refractivity contribution < 1.29 is 4.79 Å². The molecule has 0 bridgehead atoms. The molecule has 0 aliphatic carbocycles. The molecule has 0 aromatic rings. The van der Waals surface area contributed by atoms with Crippen LogP contribution < -0.4 is 0 Å². The summed E-state index contributed by atoms with van der Waals surface area (Å²) < 4.78 is 0. The van der Waals surface area contributed by atoms with Crippen LogP contribution >= 0.6 is 0 Å². The van der Waals surface area contributed by atoms with Crippen LogP contribution in [0.25, 0.3) is 0 Å². The molecule has 0 fully saturated rings. The van der Waals surface area contributed by atoms with Gasteiger partial charge < -0.3 is 0 Å². The molecule has 0 N–H and O–H groups in total. The van der Waals surface area contributed by atoms with Gasteiger partial charge in [0.05, 0.1) is 6.54 Å². The lowest BCUT2D eigenvalue weighted by molar-refractivity contribution is -0.134. The van der Waals surface area contributed by atoms with E-state index in [2.05, 4.69) is 0 Å². The Kier molecular flexibility index (Phi) is 1.28. The van der Waals surface area contributed by atoms with E-state index in [0.29, 0.717) is 0 Å². The van der Waals surface area contributed by atoms with E-state index in [1.165, 1.54) is 0 Å². The van der Waals surface area contributed by atoms with Gasteiger partial charge in [0.25, 0.3) is 5.91 Å². The van der Waals surface area contributed by atoms with Crippen LogP contribution in [0, 0.1) is 0 Å². The fourth-order valence-electron chi connectivity index (χ4n) is 1.12. The average molecular weight is 148 g/mol. The lowest BCUT2D eigenvalue weighted by Gasteiger charge is -2.33. The zero-order valence-corrected chi connectivity index (χ0v) is 5.97. The molecule has 0 aromatic heterocycles. The fraction of sp³-hybridized carbons (Fsp3) is 0.125. The number of allylic oxidation sites excluding steroid dienone is 2. The summed E-state index contributed by atoms with van der Waals surface area (Å²) in [4.78, 5) is 11.1. The molecule has 0 saturated heterocycles. The van der Waals surface area contributed by atoms with Gasteiger partial charge in [0.2, 0.25) is 0 Å². The number of amides is 1. The molecule has 3 nitrogen and oxygen atoms in total. The van der Waals surface area contributed by atoms with E-state index in [9.17, 15) is 4.79 Å². The van der Waals surface area contributed by atoms with Crippen LogP contribution in [0.5, 0.6) is 0 Å². The van der Waals surface area contributed by atoms with E-state index in [4.69, 9.17) is 0 Å². The minimum absolute atomic E-state index is 0.0110. The molecule has 0 saturated carbocycles. The summed E-state index contributed by atoms with van der Waals surface area (Å²) in [5.41, 5.74) is 0. The number of hydrazine groups is 1. The van der Waals surface area contributed by atoms with Gasteiger partial charge in [-0.2, -0.15) is 0 Å². The fourth-order valence-corrected chi connectivity index (χ4v) is 1.12. The van der Waals surface area contributed by atoms with E-state index in [1.54, 1.807) is 17.3 Å². The average Bonchev–Trinajstić information content (AvgIpc) is 2.06. The van der Waals surface area contributed by atoms with E-state index < -0.39 is 0 Å². The Morgan fingerprint density at radius 3 is 2.91 bits per heavy atom. The SMILES string of the molecule is O=C1C=CCN2C=CC=CN12. The molecule has 11 heavy (non-hydrogen) atoms. The quantitative estimate of drug-likeness (QED) is 0.503. The molecule has 0 unspecified atom stereocenters. The van der Waals surface area contributed by atoms with Gasteiger partial charge >= 0.3 is 0 Å². The van der Waals surface area contributed by atoms with Gasteiger partial charge in [0.1, 0.15) is 0 Å². The highest BCUT2D eigenvalue weighted by atomic mass is 16.2. The molecule has 0 spiro atoms. The third kappa shape index (κ3) is 0.941. The first-order valence-electron chi connectivity index (χ1n) is 3.49. The van der Waals surface area contributed by atoms with Crippen molar-refractivity contribution in [1.82, 2.24) is 10.0 Å². The van der Waals surface area contributed by atoms with Crippen LogP contribution in [-0.2, 0) is 4.79 Å². The first-order valence-corrected chi connectivity index (χ1v) is 3.49. The predicted molar refractivity (Wildman–Crippen MR) is 41.0 cm³/mol. The van der Waals surface area contributed by atoms with Crippen LogP contribution in [0.2, 0.25) is 0 Å². The standard InChI is InChI=1S/C8H8N2O/c11-8-4-3-6-9-5-1-2-7-10(8)9/h1-5,7H,6H2. The second-order valence-electron chi connectivity index (χ2n) is 2.39. The first kappa shape index (κ1) is 6.22. The zero-order valence-electron chi connectivity index (χ0n) is 5.97. The third-order valence-electron chi connectivity index (χ3n) is 1.65. The maximum absolute atomic E-state index is 11.1. The minimum Gasteiger partial charge on any atom is -0.282 e. The van der Waals surface area contributed by atoms with Crippen molar-refractivity contribution in [2.24, 2.45) is 0 Å². The van der Waals surface area contributed by atoms with Crippen molar-refractivity contribution in [2.45, 2.75) is 0 Å². The summed E-state index contributed by atoms with van der Waals surface area (Å²) >= 11 is 0. The highest BCUT2D eigenvalue weighted by Gasteiger charge is 2.17. The molecule has 0 radical (unpaired) electrons. The van der Waals surface area contributed by atoms with Crippen molar-refractivity contribution >= 4 is 5.91 Å². The van der Waals surface area contributed by atoms with Crippen LogP contribution in [0.4, 0.5) is 0 Å². The number of hydrogen-bond donors (Lipinski definition) is 0. The molecule has 0 atom stereocenters. The smallest absolute Gasteiger partial charge is 0.268 e. The first-order chi connectivity index (χ1) is 5.38. The van der Waals surface area contributed by atoms with E-state index in [1.807, 2.05) is 29.4 Å². The van der Waals surface area contributed by atoms with E-state index in [0.717, 1.165) is 6.54 Å². The molecule has 2 heterocycles. The number of fused-ring (bicyclic) bond motifs is 1. The number of hydrogen-bond acceptors (Lipinski definition) is 2. The number of carbonyl (C=O) groups excluding carboxylic acids is 1. The maximum Gasteiger partial charge on any atom is 0.268 e. The molecule has 2 aliphatic heterocycles. The molecule has 0 aromatic carbocycles. The van der Waals surface area contributed by atoms with Crippen molar-refractivity contribution in [2.75, 3.05) is 6.54 Å². The van der Waals surface area contributed by atoms with Crippen LogP contribution in [0.1, 0.15) is 0 Å². The summed E-state index contributed by atoms with van der Waals surface area (Å²) in [6, 6.07) is 0. The topological polar surface area (TPSA) is 23.6 Å². The lowest BCUT2D eigenvalue weighted by Crippen LogP contribution is -2.42. The van der Waals surface area contributed by atoms with Crippen LogP contribution in [0.3, 0.4) is 0 Å². The van der Waals surface area contributed by atoms with Gasteiger partial charge in [-0.15, -0.1) is 0 Å². The van der Waals surface area contributed by atoms with Crippen molar-refractivity contribution in [3.05, 3.63) is 36.7 Å². The second-order valence-corrected chi connectivity index (χ2v) is 2.39. The number of carbonyl (C=O) groups is 1. The van der Waals surface area contributed by atoms with Gasteiger partial charge in [-0.25, -0.2) is 5.01 Å². The van der Waals surface area contributed by atoms with E-state index in [-0.39, 0.29) is 5.91 Å². The van der Waals surface area contributed by atoms with Gasteiger partial charge in [-0.1, -0.05) is 6.08 Å². The Balaban J connectivity index is 2.30. The molecular weight excluding hydrogens is 140 g/mol. The maximum atomic E-state index is 11.1. The summed E-state index contributed by atoms with van der Waals surface area (Å²) in [5, 5.41) is 3.43. The monoisotopic (exact) mass is 148 g/mol. The molecule has 3 heteroatoms. The van der Waals surface area contributed by atoms with Crippen LogP contribution in [-0.4, -0.2) is 22.5 Å². The molecule has 1 amide bonds. The minimum atomic E-state index is 0.0110. The Hall–Kier alpha value is -1.51. The van der Waals surface area contributed by atoms with Crippen LogP contribution in [0.15, 0.2) is 36.7 Å². The molecular formula is C8H8N2O. The normalized spacial score (nSPS) is 20.9.